The van der Waals surface area contributed by atoms with Crippen LogP contribution in [0.5, 0.6) is 0 Å². The van der Waals surface area contributed by atoms with Crippen molar-refractivity contribution in [1.29, 1.82) is 0 Å². The molecule has 0 aromatic rings. The van der Waals surface area contributed by atoms with Crippen molar-refractivity contribution in [1.82, 2.24) is 0 Å². The van der Waals surface area contributed by atoms with Crippen molar-refractivity contribution in [2.45, 2.75) is 25.9 Å². The van der Waals surface area contributed by atoms with Crippen molar-refractivity contribution in [2.75, 3.05) is 13.7 Å². The summed E-state index contributed by atoms with van der Waals surface area (Å²) in [6, 6.07) is 0. The van der Waals surface area contributed by atoms with Crippen LogP contribution in [0.2, 0.25) is 0 Å². The molecule has 6 nitrogen and oxygen atoms in total. The molecule has 0 aliphatic carbocycles. The second-order valence-corrected chi connectivity index (χ2v) is 3.99. The molecule has 0 aromatic carbocycles. The second kappa shape index (κ2) is 5.54. The van der Waals surface area contributed by atoms with Crippen LogP contribution < -0.4 is 0 Å². The molecule has 1 aliphatic heterocycles. The Kier molecular flexibility index (Phi) is 4.32. The van der Waals surface area contributed by atoms with Crippen LogP contribution in [0, 0.1) is 17.8 Å². The van der Waals surface area contributed by atoms with E-state index in [-0.39, 0.29) is 19.4 Å². The summed E-state index contributed by atoms with van der Waals surface area (Å²) in [5.41, 5.74) is -1.48. The summed E-state index contributed by atoms with van der Waals surface area (Å²) in [4.78, 5) is 34.1. The molecule has 0 saturated carbocycles. The van der Waals surface area contributed by atoms with Gasteiger partial charge < -0.3 is 14.2 Å². The van der Waals surface area contributed by atoms with Crippen molar-refractivity contribution < 1.29 is 28.6 Å². The fraction of sp³-hybridized carbons (Fsp3) is 0.583. The van der Waals surface area contributed by atoms with Crippen LogP contribution in [0.25, 0.3) is 0 Å². The van der Waals surface area contributed by atoms with Gasteiger partial charge in [0.05, 0.1) is 7.11 Å². The molecule has 0 bridgehead atoms. The Labute approximate surface area is 105 Å². The normalized spacial score (nSPS) is 26.1. The summed E-state index contributed by atoms with van der Waals surface area (Å²) in [6.45, 7) is 1.15. The maximum atomic E-state index is 11.8. The molecule has 1 rings (SSSR count). The molecule has 18 heavy (non-hydrogen) atoms. The minimum absolute atomic E-state index is 0.0516. The van der Waals surface area contributed by atoms with E-state index in [1.165, 1.54) is 14.0 Å². The Balaban J connectivity index is 2.81. The minimum atomic E-state index is -1.48. The molecule has 0 amide bonds. The first-order chi connectivity index (χ1) is 8.46. The minimum Gasteiger partial charge on any atom is -0.468 e. The predicted octanol–water partition coefficient (Wildman–Crippen LogP) is 0.0477. The Morgan fingerprint density at radius 3 is 2.78 bits per heavy atom. The van der Waals surface area contributed by atoms with Gasteiger partial charge in [-0.2, -0.15) is 0 Å². The van der Waals surface area contributed by atoms with E-state index in [2.05, 4.69) is 10.7 Å². The lowest BCUT2D eigenvalue weighted by atomic mass is 9.82. The summed E-state index contributed by atoms with van der Waals surface area (Å²) >= 11 is 0. The average Bonchev–Trinajstić information content (AvgIpc) is 2.64. The number of carbonyl (C=O) groups is 3. The highest BCUT2D eigenvalue weighted by molar-refractivity contribution is 6.01. The lowest BCUT2D eigenvalue weighted by Gasteiger charge is -2.18. The third kappa shape index (κ3) is 2.62. The molecule has 2 atom stereocenters. The summed E-state index contributed by atoms with van der Waals surface area (Å²) < 4.78 is 14.3. The molecular formula is C12H14O6. The number of hydrogen-bond donors (Lipinski definition) is 0. The molecule has 1 fully saturated rings. The first-order valence-corrected chi connectivity index (χ1v) is 5.32. The average molecular weight is 254 g/mol. The van der Waals surface area contributed by atoms with Gasteiger partial charge in [0.25, 0.3) is 0 Å². The second-order valence-electron chi connectivity index (χ2n) is 3.99. The third-order valence-corrected chi connectivity index (χ3v) is 2.69. The SMILES string of the molecule is C#CCC1(C(=O)OC)CC(COC(C)=O)OC1=O. The van der Waals surface area contributed by atoms with Gasteiger partial charge in [-0.3, -0.25) is 14.4 Å². The zero-order valence-corrected chi connectivity index (χ0v) is 10.2. The zero-order valence-electron chi connectivity index (χ0n) is 10.2. The fourth-order valence-corrected chi connectivity index (χ4v) is 1.83. The molecular weight excluding hydrogens is 240 g/mol. The highest BCUT2D eigenvalue weighted by atomic mass is 16.6. The van der Waals surface area contributed by atoms with Crippen LogP contribution in [0.4, 0.5) is 0 Å². The largest absolute Gasteiger partial charge is 0.468 e. The molecule has 0 aromatic heterocycles. The van der Waals surface area contributed by atoms with Gasteiger partial charge in [-0.05, 0) is 0 Å². The number of carbonyl (C=O) groups excluding carboxylic acids is 3. The van der Waals surface area contributed by atoms with E-state index in [1.54, 1.807) is 0 Å². The van der Waals surface area contributed by atoms with Gasteiger partial charge >= 0.3 is 17.9 Å². The highest BCUT2D eigenvalue weighted by Gasteiger charge is 2.55. The van der Waals surface area contributed by atoms with E-state index in [0.29, 0.717) is 0 Å². The van der Waals surface area contributed by atoms with Crippen LogP contribution in [0.3, 0.4) is 0 Å². The van der Waals surface area contributed by atoms with Gasteiger partial charge in [0, 0.05) is 19.8 Å². The predicted molar refractivity (Wildman–Crippen MR) is 59.0 cm³/mol. The topological polar surface area (TPSA) is 78.9 Å². The first-order valence-electron chi connectivity index (χ1n) is 5.32. The number of hydrogen-bond acceptors (Lipinski definition) is 6. The number of ether oxygens (including phenoxy) is 3. The van der Waals surface area contributed by atoms with Gasteiger partial charge in [-0.25, -0.2) is 0 Å². The smallest absolute Gasteiger partial charge is 0.325 e. The quantitative estimate of drug-likeness (QED) is 0.305. The molecule has 0 radical (unpaired) electrons. The number of cyclic esters (lactones) is 1. The van der Waals surface area contributed by atoms with Crippen molar-refractivity contribution in [3.63, 3.8) is 0 Å². The van der Waals surface area contributed by atoms with E-state index >= 15 is 0 Å². The van der Waals surface area contributed by atoms with E-state index in [0.717, 1.165) is 0 Å². The van der Waals surface area contributed by atoms with Gasteiger partial charge in [0.2, 0.25) is 0 Å². The van der Waals surface area contributed by atoms with Crippen molar-refractivity contribution >= 4 is 17.9 Å². The monoisotopic (exact) mass is 254 g/mol. The third-order valence-electron chi connectivity index (χ3n) is 2.69. The van der Waals surface area contributed by atoms with Crippen molar-refractivity contribution in [2.24, 2.45) is 5.41 Å². The van der Waals surface area contributed by atoms with Crippen LogP contribution in [0.1, 0.15) is 19.8 Å². The summed E-state index contributed by atoms with van der Waals surface area (Å²) in [7, 11) is 1.17. The molecule has 1 aliphatic rings. The zero-order chi connectivity index (χ0) is 13.8. The van der Waals surface area contributed by atoms with Crippen LogP contribution in [-0.4, -0.2) is 37.7 Å². The Morgan fingerprint density at radius 1 is 1.61 bits per heavy atom. The molecule has 0 spiro atoms. The Morgan fingerprint density at radius 2 is 2.28 bits per heavy atom. The summed E-state index contributed by atoms with van der Waals surface area (Å²) in [5, 5.41) is 0. The molecule has 0 N–H and O–H groups in total. The number of methoxy groups -OCH3 is 1. The van der Waals surface area contributed by atoms with Gasteiger partial charge in [-0.15, -0.1) is 12.3 Å². The molecule has 6 heteroatoms. The van der Waals surface area contributed by atoms with E-state index in [1.807, 2.05) is 0 Å². The Hall–Kier alpha value is -2.03. The molecule has 1 heterocycles. The van der Waals surface area contributed by atoms with E-state index in [9.17, 15) is 14.4 Å². The molecule has 2 unspecified atom stereocenters. The van der Waals surface area contributed by atoms with E-state index < -0.39 is 29.4 Å². The van der Waals surface area contributed by atoms with Crippen molar-refractivity contribution in [3.05, 3.63) is 0 Å². The maximum absolute atomic E-state index is 11.8. The van der Waals surface area contributed by atoms with Crippen molar-refractivity contribution in [3.8, 4) is 12.3 Å². The number of terminal acetylenes is 1. The van der Waals surface area contributed by atoms with Crippen LogP contribution in [0.15, 0.2) is 0 Å². The summed E-state index contributed by atoms with van der Waals surface area (Å²) in [6.07, 6.45) is 4.44. The highest BCUT2D eigenvalue weighted by Crippen LogP contribution is 2.38. The maximum Gasteiger partial charge on any atom is 0.325 e. The number of rotatable bonds is 4. The van der Waals surface area contributed by atoms with Gasteiger partial charge in [0.1, 0.15) is 12.7 Å². The standard InChI is InChI=1S/C12H14O6/c1-4-5-12(10(14)16-3)6-9(18-11(12)15)7-17-8(2)13/h1,9H,5-7H2,2-3H3. The number of esters is 3. The van der Waals surface area contributed by atoms with Gasteiger partial charge in [-0.1, -0.05) is 0 Å². The lowest BCUT2D eigenvalue weighted by molar-refractivity contribution is -0.164. The molecule has 98 valence electrons. The lowest BCUT2D eigenvalue weighted by Crippen LogP contribution is -2.36. The first kappa shape index (κ1) is 14.0. The van der Waals surface area contributed by atoms with Crippen LogP contribution in [-0.2, 0) is 28.6 Å². The van der Waals surface area contributed by atoms with Crippen LogP contribution >= 0.6 is 0 Å². The van der Waals surface area contributed by atoms with Gasteiger partial charge in [0.15, 0.2) is 5.41 Å². The van der Waals surface area contributed by atoms with E-state index in [4.69, 9.17) is 15.9 Å². The summed E-state index contributed by atoms with van der Waals surface area (Å²) in [5.74, 6) is 0.327. The molecule has 1 saturated heterocycles. The fourth-order valence-electron chi connectivity index (χ4n) is 1.83. The Bertz CT molecular complexity index is 407.